The van der Waals surface area contributed by atoms with Crippen LogP contribution in [-0.4, -0.2) is 52.0 Å². The third-order valence-corrected chi connectivity index (χ3v) is 3.46. The summed E-state index contributed by atoms with van der Waals surface area (Å²) >= 11 is 0. The first-order valence-electron chi connectivity index (χ1n) is 6.20. The highest BCUT2D eigenvalue weighted by Gasteiger charge is 2.51. The summed E-state index contributed by atoms with van der Waals surface area (Å²) in [5.74, 6) is -1.78. The fourth-order valence-electron chi connectivity index (χ4n) is 1.51. The van der Waals surface area contributed by atoms with Gasteiger partial charge in [0.15, 0.2) is 5.78 Å². The zero-order chi connectivity index (χ0) is 18.5. The fraction of sp³-hybridized carbons (Fsp3) is 0.600. The van der Waals surface area contributed by atoms with Gasteiger partial charge < -0.3 is 15.6 Å². The molecule has 0 radical (unpaired) electrons. The number of hydrogen-bond donors (Lipinski definition) is 3. The maximum Gasteiger partial charge on any atom is 0.473 e. The van der Waals surface area contributed by atoms with Gasteiger partial charge >= 0.3 is 14.0 Å². The quantitative estimate of drug-likeness (QED) is 0.433. The first-order chi connectivity index (χ1) is 10.9. The van der Waals surface area contributed by atoms with Gasteiger partial charge in [-0.2, -0.15) is 13.2 Å². The number of nitrogens with zero attached hydrogens (tertiary/aromatic N) is 1. The Morgan fingerprint density at radius 3 is 2.54 bits per heavy atom. The SMILES string of the molecule is N[C@@H](Cc1c[nH]cn1)C(=O)C(OP(=O)(O)OCC(F)F)C(F)(F)F. The van der Waals surface area contributed by atoms with Crippen molar-refractivity contribution in [2.75, 3.05) is 6.61 Å². The number of phosphoric acid groups is 1. The van der Waals surface area contributed by atoms with Gasteiger partial charge in [-0.05, 0) is 0 Å². The van der Waals surface area contributed by atoms with E-state index in [1.54, 1.807) is 0 Å². The Morgan fingerprint density at radius 2 is 2.08 bits per heavy atom. The monoisotopic (exact) mass is 381 g/mol. The summed E-state index contributed by atoms with van der Waals surface area (Å²) in [5.41, 5.74) is 5.50. The number of rotatable bonds is 9. The Balaban J connectivity index is 2.84. The van der Waals surface area contributed by atoms with E-state index in [0.29, 0.717) is 0 Å². The van der Waals surface area contributed by atoms with Crippen LogP contribution < -0.4 is 5.73 Å². The van der Waals surface area contributed by atoms with Gasteiger partial charge in [0.1, 0.15) is 6.61 Å². The molecule has 0 saturated heterocycles. The molecular formula is C10H13F5N3O5P. The van der Waals surface area contributed by atoms with Crippen molar-refractivity contribution in [3.05, 3.63) is 18.2 Å². The van der Waals surface area contributed by atoms with E-state index in [4.69, 9.17) is 10.6 Å². The van der Waals surface area contributed by atoms with Gasteiger partial charge in [0.25, 0.3) is 6.43 Å². The summed E-state index contributed by atoms with van der Waals surface area (Å²) < 4.78 is 81.1. The van der Waals surface area contributed by atoms with Gasteiger partial charge in [0.2, 0.25) is 6.10 Å². The van der Waals surface area contributed by atoms with Crippen molar-refractivity contribution in [1.82, 2.24) is 9.97 Å². The van der Waals surface area contributed by atoms with Gasteiger partial charge in [-0.1, -0.05) is 0 Å². The average molecular weight is 381 g/mol. The number of aromatic nitrogens is 2. The first-order valence-corrected chi connectivity index (χ1v) is 7.69. The Bertz CT molecular complexity index is 582. The second-order valence-electron chi connectivity index (χ2n) is 4.46. The summed E-state index contributed by atoms with van der Waals surface area (Å²) in [6, 6.07) is -1.77. The Hall–Kier alpha value is -1.40. The lowest BCUT2D eigenvalue weighted by molar-refractivity contribution is -0.201. The molecule has 4 N–H and O–H groups in total. The van der Waals surface area contributed by atoms with Crippen LogP contribution in [0.2, 0.25) is 0 Å². The van der Waals surface area contributed by atoms with Crippen LogP contribution in [-0.2, 0) is 24.8 Å². The second kappa shape index (κ2) is 8.12. The lowest BCUT2D eigenvalue weighted by Crippen LogP contribution is -2.48. The van der Waals surface area contributed by atoms with Crippen molar-refractivity contribution in [2.24, 2.45) is 5.73 Å². The molecule has 0 aliphatic rings. The van der Waals surface area contributed by atoms with Crippen molar-refractivity contribution in [2.45, 2.75) is 31.2 Å². The number of carbonyl (C=O) groups excluding carboxylic acids is 1. The minimum Gasteiger partial charge on any atom is -0.351 e. The molecule has 1 rings (SSSR count). The zero-order valence-corrected chi connectivity index (χ0v) is 12.6. The first kappa shape index (κ1) is 20.6. The Kier molecular flexibility index (Phi) is 6.98. The summed E-state index contributed by atoms with van der Waals surface area (Å²) in [5, 5.41) is 0. The molecule has 14 heteroatoms. The van der Waals surface area contributed by atoms with Gasteiger partial charge in [0.05, 0.1) is 18.1 Å². The topological polar surface area (TPSA) is 128 Å². The lowest BCUT2D eigenvalue weighted by atomic mass is 10.0. The van der Waals surface area contributed by atoms with Gasteiger partial charge in [-0.15, -0.1) is 0 Å². The molecule has 1 heterocycles. The largest absolute Gasteiger partial charge is 0.473 e. The lowest BCUT2D eigenvalue weighted by Gasteiger charge is -2.24. The maximum absolute atomic E-state index is 12.9. The number of carbonyl (C=O) groups is 1. The van der Waals surface area contributed by atoms with Crippen LogP contribution in [0.25, 0.3) is 0 Å². The molecule has 24 heavy (non-hydrogen) atoms. The highest BCUT2D eigenvalue weighted by atomic mass is 31.2. The van der Waals surface area contributed by atoms with Crippen LogP contribution in [0.3, 0.4) is 0 Å². The molecule has 0 saturated carbocycles. The molecule has 0 bridgehead atoms. The maximum atomic E-state index is 12.9. The third kappa shape index (κ3) is 6.61. The second-order valence-corrected chi connectivity index (χ2v) is 5.86. The molecule has 0 aliphatic carbocycles. The number of imidazole rings is 1. The van der Waals surface area contributed by atoms with E-state index in [2.05, 4.69) is 19.0 Å². The molecule has 2 unspecified atom stereocenters. The standard InChI is InChI=1S/C10H13F5N3O5P/c11-7(12)3-22-24(20,21)23-9(10(13,14)15)8(19)6(16)1-5-2-17-4-18-5/h2,4,6-7,9H,1,3,16H2,(H,17,18)(H,20,21)/t6-,9?/m0/s1. The molecule has 1 aromatic heterocycles. The third-order valence-electron chi connectivity index (χ3n) is 2.51. The number of nitrogens with one attached hydrogen (secondary N) is 1. The molecule has 1 aromatic rings. The summed E-state index contributed by atoms with van der Waals surface area (Å²) in [6.45, 7) is -1.65. The van der Waals surface area contributed by atoms with Gasteiger partial charge in [-0.25, -0.2) is 18.3 Å². The smallest absolute Gasteiger partial charge is 0.351 e. The number of halogens is 5. The Labute approximate surface area is 131 Å². The number of phosphoric ester groups is 1. The van der Waals surface area contributed by atoms with Gasteiger partial charge in [-0.3, -0.25) is 13.8 Å². The van der Waals surface area contributed by atoms with Crippen molar-refractivity contribution in [3.8, 4) is 0 Å². The fourth-order valence-corrected chi connectivity index (χ4v) is 2.36. The minimum absolute atomic E-state index is 0.165. The van der Waals surface area contributed by atoms with Gasteiger partial charge in [0, 0.05) is 12.6 Å². The molecule has 0 spiro atoms. The van der Waals surface area contributed by atoms with Crippen molar-refractivity contribution >= 4 is 13.6 Å². The number of H-pyrrole nitrogens is 1. The van der Waals surface area contributed by atoms with Crippen molar-refractivity contribution in [3.63, 3.8) is 0 Å². The zero-order valence-electron chi connectivity index (χ0n) is 11.7. The van der Waals surface area contributed by atoms with E-state index < -0.39 is 51.4 Å². The molecule has 3 atom stereocenters. The molecule has 0 aromatic carbocycles. The van der Waals surface area contributed by atoms with Crippen LogP contribution in [0.4, 0.5) is 22.0 Å². The molecule has 0 fully saturated rings. The molecule has 0 aliphatic heterocycles. The minimum atomic E-state index is -5.56. The molecule has 138 valence electrons. The molecule has 8 nitrogen and oxygen atoms in total. The number of aromatic amines is 1. The van der Waals surface area contributed by atoms with Crippen molar-refractivity contribution < 1.29 is 45.3 Å². The number of nitrogens with two attached hydrogens (primary N) is 1. The van der Waals surface area contributed by atoms with Crippen LogP contribution in [0.15, 0.2) is 12.5 Å². The van der Waals surface area contributed by atoms with Crippen molar-refractivity contribution in [1.29, 1.82) is 0 Å². The summed E-state index contributed by atoms with van der Waals surface area (Å²) in [6.07, 6.45) is -9.99. The van der Waals surface area contributed by atoms with E-state index in [-0.39, 0.29) is 5.69 Å². The van der Waals surface area contributed by atoms with E-state index >= 15 is 0 Å². The number of ketones is 1. The average Bonchev–Trinajstić information content (AvgIpc) is 2.94. The number of Topliss-reactive ketones (excluding diaryl/α,β-unsaturated/α-hetero) is 1. The normalized spacial score (nSPS) is 17.5. The van der Waals surface area contributed by atoms with E-state index in [9.17, 15) is 31.3 Å². The number of hydrogen-bond acceptors (Lipinski definition) is 6. The summed E-state index contributed by atoms with van der Waals surface area (Å²) in [4.78, 5) is 27.0. The van der Waals surface area contributed by atoms with Crippen LogP contribution in [0, 0.1) is 0 Å². The highest BCUT2D eigenvalue weighted by molar-refractivity contribution is 7.47. The molecule has 0 amide bonds. The van der Waals surface area contributed by atoms with E-state index in [1.807, 2.05) is 0 Å². The van der Waals surface area contributed by atoms with E-state index in [0.717, 1.165) is 0 Å². The van der Waals surface area contributed by atoms with E-state index in [1.165, 1.54) is 12.5 Å². The highest BCUT2D eigenvalue weighted by Crippen LogP contribution is 2.47. The molecular weight excluding hydrogens is 368 g/mol. The number of alkyl halides is 5. The van der Waals surface area contributed by atoms with Crippen LogP contribution in [0.1, 0.15) is 5.69 Å². The summed E-state index contributed by atoms with van der Waals surface area (Å²) in [7, 11) is -5.56. The predicted molar refractivity (Wildman–Crippen MR) is 68.0 cm³/mol. The Morgan fingerprint density at radius 1 is 1.46 bits per heavy atom. The van der Waals surface area contributed by atoms with Crippen LogP contribution in [0.5, 0.6) is 0 Å². The van der Waals surface area contributed by atoms with Crippen LogP contribution >= 0.6 is 7.82 Å². The predicted octanol–water partition coefficient (Wildman–Crippen LogP) is 1.18.